The minimum Gasteiger partial charge on any atom is -0.208 e. The summed E-state index contributed by atoms with van der Waals surface area (Å²) < 4.78 is 27.3. The molecule has 1 N–H and O–H groups in total. The summed E-state index contributed by atoms with van der Waals surface area (Å²) in [7, 11) is -3.47. The van der Waals surface area contributed by atoms with E-state index < -0.39 is 10.0 Å². The first kappa shape index (κ1) is 16.5. The Balaban J connectivity index is 2.03. The lowest BCUT2D eigenvalue weighted by atomic mass is 10.2. The van der Waals surface area contributed by atoms with Gasteiger partial charge in [-0.3, -0.25) is 0 Å². The van der Waals surface area contributed by atoms with E-state index in [9.17, 15) is 8.42 Å². The van der Waals surface area contributed by atoms with Crippen molar-refractivity contribution in [2.45, 2.75) is 30.7 Å². The fraction of sp³-hybridized carbons (Fsp3) is 0.333. The van der Waals surface area contributed by atoms with Gasteiger partial charge in [0.2, 0.25) is 10.0 Å². The van der Waals surface area contributed by atoms with Crippen molar-refractivity contribution in [3.63, 3.8) is 0 Å². The van der Waals surface area contributed by atoms with Crippen LogP contribution in [0.15, 0.2) is 46.7 Å². The molecule has 3 nitrogen and oxygen atoms in total. The van der Waals surface area contributed by atoms with Crippen LogP contribution in [0.1, 0.15) is 17.4 Å². The van der Waals surface area contributed by atoms with E-state index in [0.717, 1.165) is 12.0 Å². The summed E-state index contributed by atoms with van der Waals surface area (Å²) in [5.41, 5.74) is 1.04. The molecule has 1 heterocycles. The van der Waals surface area contributed by atoms with E-state index in [-0.39, 0.29) is 6.04 Å². The monoisotopic (exact) mass is 343 g/mol. The fourth-order valence-corrected chi connectivity index (χ4v) is 4.35. The van der Waals surface area contributed by atoms with Gasteiger partial charge in [0.25, 0.3) is 0 Å². The second-order valence-electron chi connectivity index (χ2n) is 4.89. The van der Waals surface area contributed by atoms with Gasteiger partial charge in [0, 0.05) is 16.8 Å². The van der Waals surface area contributed by atoms with Crippen LogP contribution in [0.25, 0.3) is 0 Å². The van der Waals surface area contributed by atoms with Crippen molar-refractivity contribution < 1.29 is 8.42 Å². The zero-order valence-electron chi connectivity index (χ0n) is 11.8. The normalized spacial score (nSPS) is 13.2. The van der Waals surface area contributed by atoms with Crippen LogP contribution < -0.4 is 4.72 Å². The van der Waals surface area contributed by atoms with E-state index in [1.165, 1.54) is 4.88 Å². The van der Waals surface area contributed by atoms with Crippen molar-refractivity contribution in [1.82, 2.24) is 4.72 Å². The highest BCUT2D eigenvalue weighted by Crippen LogP contribution is 2.15. The Morgan fingerprint density at radius 3 is 2.52 bits per heavy atom. The highest BCUT2D eigenvalue weighted by Gasteiger charge is 2.17. The van der Waals surface area contributed by atoms with Gasteiger partial charge < -0.3 is 0 Å². The molecule has 0 aliphatic carbocycles. The molecule has 1 aromatic heterocycles. The van der Waals surface area contributed by atoms with Gasteiger partial charge in [0.05, 0.1) is 4.90 Å². The van der Waals surface area contributed by atoms with Crippen LogP contribution in [0, 0.1) is 0 Å². The SMILES string of the molecule is CC(Cc1cccs1)NS(=O)(=O)c1ccc(CCCl)cc1. The fourth-order valence-electron chi connectivity index (χ4n) is 2.05. The molecule has 2 rings (SSSR count). The molecule has 1 atom stereocenters. The maximum Gasteiger partial charge on any atom is 0.240 e. The molecule has 0 fully saturated rings. The zero-order valence-corrected chi connectivity index (χ0v) is 14.1. The third kappa shape index (κ3) is 4.81. The van der Waals surface area contributed by atoms with Crippen LogP contribution in [-0.4, -0.2) is 20.3 Å². The largest absolute Gasteiger partial charge is 0.240 e. The molecule has 1 unspecified atom stereocenters. The molecule has 114 valence electrons. The summed E-state index contributed by atoms with van der Waals surface area (Å²) in [4.78, 5) is 1.46. The molecule has 0 aliphatic rings. The quantitative estimate of drug-likeness (QED) is 0.783. The van der Waals surface area contributed by atoms with Crippen molar-refractivity contribution in [2.24, 2.45) is 0 Å². The molecule has 1 aromatic carbocycles. The maximum absolute atomic E-state index is 12.3. The first-order chi connectivity index (χ1) is 10.0. The zero-order chi connectivity index (χ0) is 15.3. The van der Waals surface area contributed by atoms with Crippen LogP contribution in [0.4, 0.5) is 0 Å². The first-order valence-corrected chi connectivity index (χ1v) is 9.60. The molecule has 0 spiro atoms. The van der Waals surface area contributed by atoms with Gasteiger partial charge in [-0.25, -0.2) is 13.1 Å². The molecule has 0 saturated heterocycles. The molecular formula is C15H18ClNO2S2. The lowest BCUT2D eigenvalue weighted by Crippen LogP contribution is -2.33. The molecule has 0 radical (unpaired) electrons. The average Bonchev–Trinajstić information content (AvgIpc) is 2.92. The van der Waals surface area contributed by atoms with Crippen LogP contribution in [0.3, 0.4) is 0 Å². The number of rotatable bonds is 7. The van der Waals surface area contributed by atoms with Crippen molar-refractivity contribution in [3.8, 4) is 0 Å². The average molecular weight is 344 g/mol. The second-order valence-corrected chi connectivity index (χ2v) is 8.01. The Hall–Kier alpha value is -0.880. The number of aryl methyl sites for hydroxylation is 1. The number of nitrogens with one attached hydrogen (secondary N) is 1. The number of alkyl halides is 1. The van der Waals surface area contributed by atoms with Gasteiger partial charge in [0.15, 0.2) is 0 Å². The van der Waals surface area contributed by atoms with E-state index in [0.29, 0.717) is 17.2 Å². The number of halogens is 1. The predicted octanol–water partition coefficient (Wildman–Crippen LogP) is 3.44. The van der Waals surface area contributed by atoms with Crippen molar-refractivity contribution in [3.05, 3.63) is 52.2 Å². The minimum absolute atomic E-state index is 0.142. The van der Waals surface area contributed by atoms with Gasteiger partial charge in [-0.1, -0.05) is 18.2 Å². The summed E-state index contributed by atoms with van der Waals surface area (Å²) in [6.45, 7) is 1.87. The molecule has 2 aromatic rings. The van der Waals surface area contributed by atoms with Crippen LogP contribution in [0.2, 0.25) is 0 Å². The highest BCUT2D eigenvalue weighted by atomic mass is 35.5. The van der Waals surface area contributed by atoms with Crippen LogP contribution in [0.5, 0.6) is 0 Å². The Labute approximate surface area is 135 Å². The summed E-state index contributed by atoms with van der Waals surface area (Å²) in [6, 6.07) is 10.7. The third-order valence-electron chi connectivity index (χ3n) is 3.06. The molecule has 0 bridgehead atoms. The summed E-state index contributed by atoms with van der Waals surface area (Å²) in [5, 5.41) is 1.99. The first-order valence-electron chi connectivity index (χ1n) is 6.71. The van der Waals surface area contributed by atoms with Gasteiger partial charge >= 0.3 is 0 Å². The number of sulfonamides is 1. The Kier molecular flexibility index (Phi) is 5.81. The highest BCUT2D eigenvalue weighted by molar-refractivity contribution is 7.89. The minimum atomic E-state index is -3.47. The standard InChI is InChI=1S/C15H18ClNO2S2/c1-12(11-14-3-2-10-20-14)17-21(18,19)15-6-4-13(5-7-15)8-9-16/h2-7,10,12,17H,8-9,11H2,1H3. The number of benzene rings is 1. The van der Waals surface area contributed by atoms with E-state index in [2.05, 4.69) is 4.72 Å². The molecule has 6 heteroatoms. The Bertz CT molecular complexity index is 651. The number of hydrogen-bond donors (Lipinski definition) is 1. The van der Waals surface area contributed by atoms with E-state index >= 15 is 0 Å². The van der Waals surface area contributed by atoms with Gasteiger partial charge in [-0.2, -0.15) is 0 Å². The van der Waals surface area contributed by atoms with Crippen molar-refractivity contribution in [2.75, 3.05) is 5.88 Å². The summed E-state index contributed by atoms with van der Waals surface area (Å²) in [5.74, 6) is 0.530. The van der Waals surface area contributed by atoms with Gasteiger partial charge in [-0.15, -0.1) is 22.9 Å². The van der Waals surface area contributed by atoms with E-state index in [1.54, 1.807) is 35.6 Å². The van der Waals surface area contributed by atoms with E-state index in [1.807, 2.05) is 24.4 Å². The Morgan fingerprint density at radius 1 is 1.24 bits per heavy atom. The predicted molar refractivity (Wildman–Crippen MR) is 88.7 cm³/mol. The van der Waals surface area contributed by atoms with Crippen LogP contribution >= 0.6 is 22.9 Å². The van der Waals surface area contributed by atoms with Crippen molar-refractivity contribution in [1.29, 1.82) is 0 Å². The number of hydrogen-bond acceptors (Lipinski definition) is 3. The number of thiophene rings is 1. The second kappa shape index (κ2) is 7.40. The van der Waals surface area contributed by atoms with Gasteiger partial charge in [0.1, 0.15) is 0 Å². The molecule has 21 heavy (non-hydrogen) atoms. The Morgan fingerprint density at radius 2 is 1.95 bits per heavy atom. The molecular weight excluding hydrogens is 326 g/mol. The van der Waals surface area contributed by atoms with E-state index in [4.69, 9.17) is 11.6 Å². The molecule has 0 saturated carbocycles. The van der Waals surface area contributed by atoms with Gasteiger partial charge in [-0.05, 0) is 48.9 Å². The topological polar surface area (TPSA) is 46.2 Å². The lowest BCUT2D eigenvalue weighted by Gasteiger charge is -2.13. The molecule has 0 amide bonds. The smallest absolute Gasteiger partial charge is 0.208 e. The summed E-state index contributed by atoms with van der Waals surface area (Å²) in [6.07, 6.45) is 1.44. The van der Waals surface area contributed by atoms with Crippen LogP contribution in [-0.2, 0) is 22.9 Å². The third-order valence-corrected chi connectivity index (χ3v) is 5.75. The lowest BCUT2D eigenvalue weighted by molar-refractivity contribution is 0.560. The van der Waals surface area contributed by atoms with Crippen molar-refractivity contribution >= 4 is 33.0 Å². The summed E-state index contributed by atoms with van der Waals surface area (Å²) >= 11 is 7.31. The molecule has 0 aliphatic heterocycles. The maximum atomic E-state index is 12.3.